The van der Waals surface area contributed by atoms with Crippen molar-refractivity contribution in [2.24, 2.45) is 0 Å². The van der Waals surface area contributed by atoms with Crippen molar-refractivity contribution >= 4 is 23.3 Å². The van der Waals surface area contributed by atoms with E-state index in [2.05, 4.69) is 15.6 Å². The van der Waals surface area contributed by atoms with Crippen LogP contribution in [0.1, 0.15) is 0 Å². The lowest BCUT2D eigenvalue weighted by atomic mass is 10.2. The average Bonchev–Trinajstić information content (AvgIpc) is 2.95. The molecule has 1 aromatic carbocycles. The summed E-state index contributed by atoms with van der Waals surface area (Å²) in [6.45, 7) is 0.146. The number of amides is 2. The lowest BCUT2D eigenvalue weighted by Gasteiger charge is -2.06. The van der Waals surface area contributed by atoms with Crippen molar-refractivity contribution in [1.29, 1.82) is 0 Å². The summed E-state index contributed by atoms with van der Waals surface area (Å²) in [5.74, 6) is -0.155. The molecule has 21 heavy (non-hydrogen) atoms. The molecule has 0 atom stereocenters. The van der Waals surface area contributed by atoms with Crippen LogP contribution in [0.25, 0.3) is 0 Å². The van der Waals surface area contributed by atoms with Gasteiger partial charge in [0.2, 0.25) is 6.79 Å². The number of aromatic nitrogens is 1. The third-order valence-electron chi connectivity index (χ3n) is 2.74. The zero-order valence-corrected chi connectivity index (χ0v) is 10.8. The number of nitrogens with one attached hydrogen (secondary N) is 2. The van der Waals surface area contributed by atoms with Gasteiger partial charge in [0, 0.05) is 18.0 Å². The van der Waals surface area contributed by atoms with Crippen LogP contribution in [0.3, 0.4) is 0 Å². The zero-order chi connectivity index (χ0) is 14.7. The van der Waals surface area contributed by atoms with Crippen molar-refractivity contribution in [2.75, 3.05) is 17.4 Å². The lowest BCUT2D eigenvalue weighted by molar-refractivity contribution is -0.133. The fraction of sp³-hybridized carbons (Fsp3) is 0.0714. The zero-order valence-electron chi connectivity index (χ0n) is 10.8. The monoisotopic (exact) mass is 285 g/mol. The molecule has 1 aliphatic rings. The lowest BCUT2D eigenvalue weighted by Crippen LogP contribution is -2.29. The molecular weight excluding hydrogens is 274 g/mol. The smallest absolute Gasteiger partial charge is 0.315 e. The summed E-state index contributed by atoms with van der Waals surface area (Å²) in [5.41, 5.74) is 0.445. The molecule has 0 spiro atoms. The van der Waals surface area contributed by atoms with Crippen LogP contribution in [0.5, 0.6) is 11.5 Å². The van der Waals surface area contributed by atoms with Gasteiger partial charge in [0.25, 0.3) is 0 Å². The minimum atomic E-state index is -0.800. The summed E-state index contributed by atoms with van der Waals surface area (Å²) < 4.78 is 10.4. The summed E-state index contributed by atoms with van der Waals surface area (Å²) >= 11 is 0. The van der Waals surface area contributed by atoms with Crippen LogP contribution >= 0.6 is 0 Å². The molecule has 0 unspecified atom stereocenters. The van der Waals surface area contributed by atoms with E-state index >= 15 is 0 Å². The first-order chi connectivity index (χ1) is 10.2. The number of rotatable bonds is 2. The van der Waals surface area contributed by atoms with Crippen LogP contribution in [0.2, 0.25) is 0 Å². The molecule has 2 N–H and O–H groups in total. The van der Waals surface area contributed by atoms with E-state index in [4.69, 9.17) is 9.47 Å². The first-order valence-electron chi connectivity index (χ1n) is 6.15. The molecule has 0 fully saturated rings. The summed E-state index contributed by atoms with van der Waals surface area (Å²) in [6, 6.07) is 9.88. The molecular formula is C14H11N3O4. The molecule has 2 aromatic rings. The van der Waals surface area contributed by atoms with E-state index < -0.39 is 11.8 Å². The van der Waals surface area contributed by atoms with Crippen molar-refractivity contribution < 1.29 is 19.1 Å². The largest absolute Gasteiger partial charge is 0.454 e. The van der Waals surface area contributed by atoms with E-state index in [9.17, 15) is 9.59 Å². The highest BCUT2D eigenvalue weighted by Gasteiger charge is 2.17. The van der Waals surface area contributed by atoms with Gasteiger partial charge in [-0.2, -0.15) is 0 Å². The minimum Gasteiger partial charge on any atom is -0.454 e. The first-order valence-corrected chi connectivity index (χ1v) is 6.15. The number of hydrogen-bond donors (Lipinski definition) is 2. The predicted molar refractivity (Wildman–Crippen MR) is 74.1 cm³/mol. The Hall–Kier alpha value is -3.09. The van der Waals surface area contributed by atoms with E-state index in [0.29, 0.717) is 23.0 Å². The Morgan fingerprint density at radius 1 is 1.00 bits per heavy atom. The van der Waals surface area contributed by atoms with E-state index in [1.165, 1.54) is 6.20 Å². The number of pyridine rings is 1. The Kier molecular flexibility index (Phi) is 3.38. The Morgan fingerprint density at radius 3 is 2.62 bits per heavy atom. The SMILES string of the molecule is O=C(Nc1ccc2c(c1)OCO2)C(=O)Nc1ccccn1. The van der Waals surface area contributed by atoms with Crippen LogP contribution in [0.15, 0.2) is 42.6 Å². The van der Waals surface area contributed by atoms with Gasteiger partial charge >= 0.3 is 11.8 Å². The van der Waals surface area contributed by atoms with Crippen molar-refractivity contribution in [2.45, 2.75) is 0 Å². The summed E-state index contributed by atoms with van der Waals surface area (Å²) in [7, 11) is 0. The van der Waals surface area contributed by atoms with E-state index in [-0.39, 0.29) is 6.79 Å². The summed E-state index contributed by atoms with van der Waals surface area (Å²) in [4.78, 5) is 27.4. The van der Waals surface area contributed by atoms with E-state index in [1.807, 2.05) is 0 Å². The van der Waals surface area contributed by atoms with Crippen LogP contribution in [-0.4, -0.2) is 23.6 Å². The molecule has 1 aliphatic heterocycles. The fourth-order valence-electron chi connectivity index (χ4n) is 1.77. The number of nitrogens with zero attached hydrogens (tertiary/aromatic N) is 1. The fourth-order valence-corrected chi connectivity index (χ4v) is 1.77. The van der Waals surface area contributed by atoms with Gasteiger partial charge < -0.3 is 20.1 Å². The highest BCUT2D eigenvalue weighted by molar-refractivity contribution is 6.43. The number of anilines is 2. The molecule has 7 nitrogen and oxygen atoms in total. The minimum absolute atomic E-state index is 0.146. The number of carbonyl (C=O) groups excluding carboxylic acids is 2. The molecule has 1 aromatic heterocycles. The number of fused-ring (bicyclic) bond motifs is 1. The van der Waals surface area contributed by atoms with Gasteiger partial charge in [-0.05, 0) is 24.3 Å². The molecule has 2 amide bonds. The molecule has 0 saturated carbocycles. The number of hydrogen-bond acceptors (Lipinski definition) is 5. The van der Waals surface area contributed by atoms with Crippen molar-refractivity contribution in [3.63, 3.8) is 0 Å². The quantitative estimate of drug-likeness (QED) is 0.814. The maximum Gasteiger partial charge on any atom is 0.315 e. The maximum atomic E-state index is 11.8. The molecule has 0 bridgehead atoms. The summed E-state index contributed by atoms with van der Waals surface area (Å²) in [5, 5.41) is 4.87. The third-order valence-corrected chi connectivity index (χ3v) is 2.74. The maximum absolute atomic E-state index is 11.8. The number of ether oxygens (including phenoxy) is 2. The topological polar surface area (TPSA) is 89.5 Å². The second kappa shape index (κ2) is 5.49. The highest BCUT2D eigenvalue weighted by atomic mass is 16.7. The van der Waals surface area contributed by atoms with Gasteiger partial charge in [-0.15, -0.1) is 0 Å². The molecule has 0 aliphatic carbocycles. The average molecular weight is 285 g/mol. The van der Waals surface area contributed by atoms with Crippen molar-refractivity contribution in [3.05, 3.63) is 42.6 Å². The second-order valence-corrected chi connectivity index (χ2v) is 4.19. The summed E-state index contributed by atoms with van der Waals surface area (Å²) in [6.07, 6.45) is 1.52. The number of benzene rings is 1. The number of carbonyl (C=O) groups is 2. The molecule has 106 valence electrons. The highest BCUT2D eigenvalue weighted by Crippen LogP contribution is 2.34. The molecule has 3 rings (SSSR count). The Bertz CT molecular complexity index is 688. The Labute approximate surface area is 119 Å². The van der Waals surface area contributed by atoms with Crippen LogP contribution in [0.4, 0.5) is 11.5 Å². The molecule has 0 saturated heterocycles. The molecule has 0 radical (unpaired) electrons. The van der Waals surface area contributed by atoms with Crippen LogP contribution in [-0.2, 0) is 9.59 Å². The van der Waals surface area contributed by atoms with Crippen molar-refractivity contribution in [1.82, 2.24) is 4.98 Å². The molecule has 7 heteroatoms. The van der Waals surface area contributed by atoms with Gasteiger partial charge in [0.1, 0.15) is 5.82 Å². The second-order valence-electron chi connectivity index (χ2n) is 4.19. The normalized spacial score (nSPS) is 11.8. The van der Waals surface area contributed by atoms with Crippen LogP contribution < -0.4 is 20.1 Å². The van der Waals surface area contributed by atoms with Gasteiger partial charge in [0.15, 0.2) is 11.5 Å². The third kappa shape index (κ3) is 2.92. The standard InChI is InChI=1S/C14H11N3O4/c18-13(14(19)17-12-3-1-2-6-15-12)16-9-4-5-10-11(7-9)21-8-20-10/h1-7H,8H2,(H,16,18)(H,15,17,19). The van der Waals surface area contributed by atoms with E-state index in [0.717, 1.165) is 0 Å². The van der Waals surface area contributed by atoms with Gasteiger partial charge in [-0.1, -0.05) is 6.07 Å². The van der Waals surface area contributed by atoms with Crippen LogP contribution in [0, 0.1) is 0 Å². The van der Waals surface area contributed by atoms with Gasteiger partial charge in [-0.25, -0.2) is 4.98 Å². The Balaban J connectivity index is 1.64. The molecule has 2 heterocycles. The van der Waals surface area contributed by atoms with Crippen molar-refractivity contribution in [3.8, 4) is 11.5 Å². The van der Waals surface area contributed by atoms with Gasteiger partial charge in [0.05, 0.1) is 0 Å². The first kappa shape index (κ1) is 12.9. The predicted octanol–water partition coefficient (Wildman–Crippen LogP) is 1.39. The Morgan fingerprint density at radius 2 is 1.81 bits per heavy atom. The van der Waals surface area contributed by atoms with E-state index in [1.54, 1.807) is 36.4 Å². The van der Waals surface area contributed by atoms with Gasteiger partial charge in [-0.3, -0.25) is 9.59 Å².